The zero-order valence-electron chi connectivity index (χ0n) is 11.2. The van der Waals surface area contributed by atoms with E-state index in [1.54, 1.807) is 18.0 Å². The molecule has 0 fully saturated rings. The Kier molecular flexibility index (Phi) is 3.30. The van der Waals surface area contributed by atoms with Gasteiger partial charge in [0.25, 0.3) is 0 Å². The minimum atomic E-state index is 0.389. The summed E-state index contributed by atoms with van der Waals surface area (Å²) in [6.07, 6.45) is 3.12. The lowest BCUT2D eigenvalue weighted by Gasteiger charge is -2.05. The molecule has 0 bridgehead atoms. The van der Waals surface area contributed by atoms with Crippen molar-refractivity contribution in [3.05, 3.63) is 30.1 Å². The first-order valence-electron chi connectivity index (χ1n) is 6.08. The summed E-state index contributed by atoms with van der Waals surface area (Å²) in [6, 6.07) is 1.87. The highest BCUT2D eigenvalue weighted by Crippen LogP contribution is 2.18. The molecule has 3 aromatic heterocycles. The quantitative estimate of drug-likeness (QED) is 0.745. The summed E-state index contributed by atoms with van der Waals surface area (Å²) in [4.78, 5) is 8.44. The van der Waals surface area contributed by atoms with E-state index in [4.69, 9.17) is 9.15 Å². The van der Waals surface area contributed by atoms with E-state index in [0.29, 0.717) is 24.7 Å². The van der Waals surface area contributed by atoms with Crippen LogP contribution in [-0.2, 0) is 24.9 Å². The molecule has 0 aromatic carbocycles. The van der Waals surface area contributed by atoms with Gasteiger partial charge in [0.1, 0.15) is 12.3 Å². The van der Waals surface area contributed by atoms with Crippen molar-refractivity contribution in [1.82, 2.24) is 25.0 Å². The lowest BCUT2D eigenvalue weighted by Crippen LogP contribution is -2.05. The second-order valence-electron chi connectivity index (χ2n) is 4.25. The molecule has 0 unspecified atom stereocenters. The number of pyridine rings is 1. The summed E-state index contributed by atoms with van der Waals surface area (Å²) in [5.41, 5.74) is 2.43. The van der Waals surface area contributed by atoms with Crippen LogP contribution in [0.5, 0.6) is 0 Å². The van der Waals surface area contributed by atoms with Crippen LogP contribution >= 0.6 is 0 Å². The maximum atomic E-state index is 5.26. The van der Waals surface area contributed by atoms with Crippen molar-refractivity contribution in [3.8, 4) is 0 Å². The second-order valence-corrected chi connectivity index (χ2v) is 4.25. The van der Waals surface area contributed by atoms with Crippen LogP contribution in [0.3, 0.4) is 0 Å². The van der Waals surface area contributed by atoms with E-state index in [9.17, 15) is 0 Å². The molecule has 0 saturated heterocycles. The molecule has 3 rings (SSSR count). The molecule has 0 aliphatic carbocycles. The van der Waals surface area contributed by atoms with Gasteiger partial charge in [-0.2, -0.15) is 0 Å². The Hall–Kier alpha value is -2.48. The predicted octanol–water partition coefficient (Wildman–Crippen LogP) is 1.11. The van der Waals surface area contributed by atoms with Gasteiger partial charge in [-0.15, -0.1) is 5.10 Å². The second kappa shape index (κ2) is 5.25. The lowest BCUT2D eigenvalue weighted by atomic mass is 10.3. The first kappa shape index (κ1) is 12.5. The van der Waals surface area contributed by atoms with Crippen LogP contribution in [0, 0.1) is 0 Å². The van der Waals surface area contributed by atoms with E-state index in [1.807, 2.05) is 13.1 Å². The highest BCUT2D eigenvalue weighted by atomic mass is 16.5. The average molecular weight is 274 g/mol. The molecule has 0 saturated carbocycles. The van der Waals surface area contributed by atoms with Crippen LogP contribution in [0.1, 0.15) is 11.5 Å². The van der Waals surface area contributed by atoms with E-state index >= 15 is 0 Å². The molecule has 0 radical (unpaired) electrons. The molecule has 8 nitrogen and oxygen atoms in total. The predicted molar refractivity (Wildman–Crippen MR) is 70.8 cm³/mol. The van der Waals surface area contributed by atoms with Crippen molar-refractivity contribution >= 4 is 16.9 Å². The molecule has 0 atom stereocenters. The topological polar surface area (TPSA) is 90.9 Å². The minimum absolute atomic E-state index is 0.389. The molecule has 1 N–H and O–H groups in total. The SMILES string of the molecule is COCc1ocnc1CNc1nccc2c1nnn2C. The number of aromatic nitrogens is 5. The zero-order valence-corrected chi connectivity index (χ0v) is 11.2. The number of nitrogens with one attached hydrogen (secondary N) is 1. The number of anilines is 1. The van der Waals surface area contributed by atoms with Crippen molar-refractivity contribution in [2.75, 3.05) is 12.4 Å². The summed E-state index contributed by atoms with van der Waals surface area (Å²) in [7, 11) is 3.45. The van der Waals surface area contributed by atoms with Gasteiger partial charge >= 0.3 is 0 Å². The van der Waals surface area contributed by atoms with Crippen molar-refractivity contribution in [3.63, 3.8) is 0 Å². The van der Waals surface area contributed by atoms with Crippen LogP contribution in [0.4, 0.5) is 5.82 Å². The normalized spacial score (nSPS) is 11.1. The molecule has 3 aromatic rings. The molecule has 20 heavy (non-hydrogen) atoms. The number of rotatable bonds is 5. The number of nitrogens with zero attached hydrogens (tertiary/aromatic N) is 5. The Morgan fingerprint density at radius 2 is 2.30 bits per heavy atom. The Balaban J connectivity index is 1.81. The molecule has 0 aliphatic rings. The number of hydrogen-bond donors (Lipinski definition) is 1. The van der Waals surface area contributed by atoms with Crippen LogP contribution in [0.25, 0.3) is 11.0 Å². The van der Waals surface area contributed by atoms with E-state index in [2.05, 4.69) is 25.6 Å². The maximum Gasteiger partial charge on any atom is 0.181 e. The fraction of sp³-hybridized carbons (Fsp3) is 0.333. The highest BCUT2D eigenvalue weighted by molar-refractivity contribution is 5.84. The van der Waals surface area contributed by atoms with Crippen LogP contribution in [-0.4, -0.2) is 32.1 Å². The number of methoxy groups -OCH3 is 1. The monoisotopic (exact) mass is 274 g/mol. The van der Waals surface area contributed by atoms with Crippen LogP contribution in [0.15, 0.2) is 23.1 Å². The molecular weight excluding hydrogens is 260 g/mol. The molecule has 3 heterocycles. The third kappa shape index (κ3) is 2.21. The van der Waals surface area contributed by atoms with Crippen molar-refractivity contribution in [1.29, 1.82) is 0 Å². The fourth-order valence-electron chi connectivity index (χ4n) is 1.95. The molecule has 104 valence electrons. The van der Waals surface area contributed by atoms with Gasteiger partial charge in [-0.05, 0) is 6.07 Å². The zero-order chi connectivity index (χ0) is 13.9. The number of fused-ring (bicyclic) bond motifs is 1. The van der Waals surface area contributed by atoms with E-state index in [0.717, 1.165) is 16.7 Å². The summed E-state index contributed by atoms with van der Waals surface area (Å²) in [5.74, 6) is 1.37. The summed E-state index contributed by atoms with van der Waals surface area (Å²) in [6.45, 7) is 0.873. The van der Waals surface area contributed by atoms with Gasteiger partial charge in [-0.1, -0.05) is 5.21 Å². The van der Waals surface area contributed by atoms with Gasteiger partial charge in [-0.3, -0.25) is 0 Å². The lowest BCUT2D eigenvalue weighted by molar-refractivity contribution is 0.163. The van der Waals surface area contributed by atoms with Crippen LogP contribution in [0.2, 0.25) is 0 Å². The van der Waals surface area contributed by atoms with E-state index in [-0.39, 0.29) is 0 Å². The highest BCUT2D eigenvalue weighted by Gasteiger charge is 2.11. The summed E-state index contributed by atoms with van der Waals surface area (Å²) < 4.78 is 12.0. The van der Waals surface area contributed by atoms with Gasteiger partial charge in [0.15, 0.2) is 23.5 Å². The van der Waals surface area contributed by atoms with Crippen LogP contribution < -0.4 is 5.32 Å². The Labute approximate surface area is 114 Å². The van der Waals surface area contributed by atoms with Gasteiger partial charge < -0.3 is 14.5 Å². The van der Waals surface area contributed by atoms with Crippen molar-refractivity contribution in [2.24, 2.45) is 7.05 Å². The average Bonchev–Trinajstić information content (AvgIpc) is 3.05. The van der Waals surface area contributed by atoms with E-state index < -0.39 is 0 Å². The smallest absolute Gasteiger partial charge is 0.181 e. The Bertz CT molecular complexity index is 720. The van der Waals surface area contributed by atoms with E-state index in [1.165, 1.54) is 6.39 Å². The molecule has 0 amide bonds. The molecular formula is C12H14N6O2. The molecule has 0 spiro atoms. The Morgan fingerprint density at radius 3 is 3.15 bits per heavy atom. The van der Waals surface area contributed by atoms with Crippen molar-refractivity contribution in [2.45, 2.75) is 13.2 Å². The number of aryl methyl sites for hydroxylation is 1. The number of hydrogen-bond acceptors (Lipinski definition) is 7. The standard InChI is InChI=1S/C12H14N6O2/c1-18-9-3-4-13-12(11(9)16-17-18)14-5-8-10(6-19-2)20-7-15-8/h3-4,7H,5-6H2,1-2H3,(H,13,14). The van der Waals surface area contributed by atoms with Gasteiger partial charge in [0.2, 0.25) is 0 Å². The third-order valence-electron chi connectivity index (χ3n) is 2.95. The molecule has 8 heteroatoms. The number of ether oxygens (including phenoxy) is 1. The minimum Gasteiger partial charge on any atom is -0.446 e. The largest absolute Gasteiger partial charge is 0.446 e. The third-order valence-corrected chi connectivity index (χ3v) is 2.95. The summed E-state index contributed by atoms with van der Waals surface area (Å²) >= 11 is 0. The fourth-order valence-corrected chi connectivity index (χ4v) is 1.95. The van der Waals surface area contributed by atoms with Gasteiger partial charge in [0, 0.05) is 20.4 Å². The first-order valence-corrected chi connectivity index (χ1v) is 6.08. The summed E-state index contributed by atoms with van der Waals surface area (Å²) in [5, 5.41) is 11.3. The Morgan fingerprint density at radius 1 is 1.40 bits per heavy atom. The van der Waals surface area contributed by atoms with Gasteiger partial charge in [-0.25, -0.2) is 14.6 Å². The first-order chi connectivity index (χ1) is 9.79. The molecule has 0 aliphatic heterocycles. The number of oxazole rings is 1. The maximum absolute atomic E-state index is 5.26. The van der Waals surface area contributed by atoms with Crippen molar-refractivity contribution < 1.29 is 9.15 Å². The van der Waals surface area contributed by atoms with Gasteiger partial charge in [0.05, 0.1) is 12.1 Å².